The molecule has 9 nitrogen and oxygen atoms in total. The van der Waals surface area contributed by atoms with Gasteiger partial charge in [-0.15, -0.1) is 0 Å². The van der Waals surface area contributed by atoms with E-state index < -0.39 is 28.0 Å². The first-order valence-electron chi connectivity index (χ1n) is 9.61. The Bertz CT molecular complexity index is 1120. The highest BCUT2D eigenvalue weighted by Crippen LogP contribution is 2.39. The van der Waals surface area contributed by atoms with E-state index in [1.807, 2.05) is 0 Å². The normalized spacial score (nSPS) is 18.0. The molecule has 0 aromatic heterocycles. The number of carbonyl (C=O) groups excluding carboxylic acids is 1. The maximum atomic E-state index is 13.3. The molecule has 4 rings (SSSR count). The molecule has 2 aliphatic rings. The number of ether oxygens (including phenoxy) is 1. The Balaban J connectivity index is 1.67. The van der Waals surface area contributed by atoms with Crippen LogP contribution in [0.5, 0.6) is 5.75 Å². The van der Waals surface area contributed by atoms with Gasteiger partial charge in [-0.25, -0.2) is 17.6 Å². The van der Waals surface area contributed by atoms with Gasteiger partial charge in [-0.05, 0) is 55.3 Å². The van der Waals surface area contributed by atoms with Crippen LogP contribution < -0.4 is 19.7 Å². The van der Waals surface area contributed by atoms with E-state index in [0.29, 0.717) is 0 Å². The highest BCUT2D eigenvalue weighted by Gasteiger charge is 2.36. The average molecular weight is 449 g/mol. The van der Waals surface area contributed by atoms with Crippen molar-refractivity contribution in [1.29, 1.82) is 0 Å². The summed E-state index contributed by atoms with van der Waals surface area (Å²) < 4.78 is 46.9. The van der Waals surface area contributed by atoms with Gasteiger partial charge in [0.05, 0.1) is 23.7 Å². The van der Waals surface area contributed by atoms with Crippen molar-refractivity contribution in [3.63, 3.8) is 0 Å². The quantitative estimate of drug-likeness (QED) is 0.622. The van der Waals surface area contributed by atoms with Crippen molar-refractivity contribution in [1.82, 2.24) is 5.32 Å². The molecule has 164 valence electrons. The zero-order valence-electron chi connectivity index (χ0n) is 16.2. The summed E-state index contributed by atoms with van der Waals surface area (Å²) in [6.45, 7) is -0.00643. The van der Waals surface area contributed by atoms with Crippen LogP contribution in [0.4, 0.5) is 20.6 Å². The highest BCUT2D eigenvalue weighted by atomic mass is 32.2. The van der Waals surface area contributed by atoms with Crippen molar-refractivity contribution >= 4 is 33.4 Å². The van der Waals surface area contributed by atoms with E-state index in [2.05, 4.69) is 10.6 Å². The summed E-state index contributed by atoms with van der Waals surface area (Å²) in [5.41, 5.74) is 0.301. The predicted molar refractivity (Wildman–Crippen MR) is 109 cm³/mol. The second kappa shape index (κ2) is 8.06. The molecular weight excluding hydrogens is 429 g/mol. The summed E-state index contributed by atoms with van der Waals surface area (Å²) in [6.07, 6.45) is -0.288. The smallest absolute Gasteiger partial charge is 0.409 e. The minimum Gasteiger partial charge on any atom is -0.484 e. The number of hydrogen-bond acceptors (Lipinski definition) is 5. The zero-order valence-corrected chi connectivity index (χ0v) is 17.1. The van der Waals surface area contributed by atoms with Gasteiger partial charge in [0.2, 0.25) is 5.91 Å². The SMILES string of the molecule is O=C(O)Nc1ccc2c(c1)N(S(=O)(=O)c1ccc(F)cc1)CC(CNC(=O)C1CC1)O2. The number of nitrogens with one attached hydrogen (secondary N) is 2. The third-order valence-electron chi connectivity index (χ3n) is 5.00. The van der Waals surface area contributed by atoms with Crippen molar-refractivity contribution in [2.45, 2.75) is 23.8 Å². The minimum atomic E-state index is -4.11. The summed E-state index contributed by atoms with van der Waals surface area (Å²) in [7, 11) is -4.11. The third kappa shape index (κ3) is 4.55. The molecule has 2 aromatic carbocycles. The zero-order chi connectivity index (χ0) is 22.2. The van der Waals surface area contributed by atoms with Gasteiger partial charge in [0.15, 0.2) is 0 Å². The summed E-state index contributed by atoms with van der Waals surface area (Å²) >= 11 is 0. The monoisotopic (exact) mass is 449 g/mol. The molecule has 1 heterocycles. The van der Waals surface area contributed by atoms with Crippen LogP contribution in [0, 0.1) is 11.7 Å². The first-order chi connectivity index (χ1) is 14.7. The molecule has 1 aliphatic heterocycles. The molecule has 2 amide bonds. The molecule has 0 radical (unpaired) electrons. The number of carboxylic acid groups (broad SMARTS) is 1. The fraction of sp³-hybridized carbons (Fsp3) is 0.300. The van der Waals surface area contributed by atoms with Gasteiger partial charge in [-0.2, -0.15) is 0 Å². The third-order valence-corrected chi connectivity index (χ3v) is 6.79. The Labute approximate surface area is 177 Å². The number of benzene rings is 2. The van der Waals surface area contributed by atoms with Crippen LogP contribution in [-0.2, 0) is 14.8 Å². The lowest BCUT2D eigenvalue weighted by Gasteiger charge is -2.35. The number of fused-ring (bicyclic) bond motifs is 1. The number of halogens is 1. The van der Waals surface area contributed by atoms with E-state index in [9.17, 15) is 22.4 Å². The molecule has 0 saturated heterocycles. The number of hydrogen-bond donors (Lipinski definition) is 3. The van der Waals surface area contributed by atoms with E-state index >= 15 is 0 Å². The van der Waals surface area contributed by atoms with Gasteiger partial charge < -0.3 is 15.2 Å². The van der Waals surface area contributed by atoms with Crippen molar-refractivity contribution in [3.8, 4) is 5.75 Å². The molecule has 1 saturated carbocycles. The largest absolute Gasteiger partial charge is 0.484 e. The molecule has 31 heavy (non-hydrogen) atoms. The molecule has 1 fully saturated rings. The van der Waals surface area contributed by atoms with Gasteiger partial charge in [-0.1, -0.05) is 0 Å². The predicted octanol–water partition coefficient (Wildman–Crippen LogP) is 2.40. The fourth-order valence-corrected chi connectivity index (χ4v) is 4.78. The number of amides is 2. The van der Waals surface area contributed by atoms with Crippen LogP contribution in [0.1, 0.15) is 12.8 Å². The van der Waals surface area contributed by atoms with Crippen LogP contribution in [0.2, 0.25) is 0 Å². The van der Waals surface area contributed by atoms with Crippen LogP contribution in [0.25, 0.3) is 0 Å². The molecule has 1 atom stereocenters. The van der Waals surface area contributed by atoms with E-state index in [-0.39, 0.29) is 46.9 Å². The molecule has 1 unspecified atom stereocenters. The van der Waals surface area contributed by atoms with E-state index in [1.54, 1.807) is 0 Å². The second-order valence-electron chi connectivity index (χ2n) is 7.36. The Morgan fingerprint density at radius 3 is 2.52 bits per heavy atom. The lowest BCUT2D eigenvalue weighted by molar-refractivity contribution is -0.122. The van der Waals surface area contributed by atoms with Gasteiger partial charge >= 0.3 is 6.09 Å². The molecule has 1 aliphatic carbocycles. The van der Waals surface area contributed by atoms with Crippen LogP contribution in [0.15, 0.2) is 47.4 Å². The Hall–Kier alpha value is -3.34. The lowest BCUT2D eigenvalue weighted by Crippen LogP contribution is -2.48. The van der Waals surface area contributed by atoms with Crippen LogP contribution >= 0.6 is 0 Å². The van der Waals surface area contributed by atoms with Crippen molar-refractivity contribution < 1.29 is 32.2 Å². The Morgan fingerprint density at radius 2 is 1.87 bits per heavy atom. The molecular formula is C20H20FN3O6S. The summed E-state index contributed by atoms with van der Waals surface area (Å²) in [5.74, 6) is -0.448. The Kier molecular flexibility index (Phi) is 5.44. The van der Waals surface area contributed by atoms with Crippen LogP contribution in [-0.4, -0.2) is 44.7 Å². The number of carbonyl (C=O) groups is 2. The van der Waals surface area contributed by atoms with Crippen molar-refractivity contribution in [2.24, 2.45) is 5.92 Å². The standard InChI is InChI=1S/C20H20FN3O6S/c21-13-3-6-16(7-4-13)31(28,29)24-11-15(10-22-19(25)12-1-2-12)30-18-8-5-14(9-17(18)24)23-20(26)27/h3-9,12,15,23H,1-2,10-11H2,(H,22,25)(H,26,27). The van der Waals surface area contributed by atoms with Crippen LogP contribution in [0.3, 0.4) is 0 Å². The van der Waals surface area contributed by atoms with Gasteiger partial charge in [0.1, 0.15) is 17.7 Å². The minimum absolute atomic E-state index is 0.000390. The number of anilines is 2. The van der Waals surface area contributed by atoms with E-state index in [0.717, 1.165) is 41.4 Å². The lowest BCUT2D eigenvalue weighted by atomic mass is 10.2. The number of sulfonamides is 1. The summed E-state index contributed by atoms with van der Waals surface area (Å²) in [5, 5.41) is 13.9. The molecule has 0 spiro atoms. The topological polar surface area (TPSA) is 125 Å². The summed E-state index contributed by atoms with van der Waals surface area (Å²) in [4.78, 5) is 22.8. The van der Waals surface area contributed by atoms with Crippen molar-refractivity contribution in [3.05, 3.63) is 48.3 Å². The van der Waals surface area contributed by atoms with Gasteiger partial charge in [-0.3, -0.25) is 14.4 Å². The fourth-order valence-electron chi connectivity index (χ4n) is 3.29. The molecule has 2 aromatic rings. The van der Waals surface area contributed by atoms with Gasteiger partial charge in [0.25, 0.3) is 10.0 Å². The average Bonchev–Trinajstić information content (AvgIpc) is 3.57. The highest BCUT2D eigenvalue weighted by molar-refractivity contribution is 7.92. The Morgan fingerprint density at radius 1 is 1.16 bits per heavy atom. The van der Waals surface area contributed by atoms with E-state index in [1.165, 1.54) is 18.2 Å². The number of nitrogens with zero attached hydrogens (tertiary/aromatic N) is 1. The second-order valence-corrected chi connectivity index (χ2v) is 9.22. The first-order valence-corrected chi connectivity index (χ1v) is 11.0. The maximum Gasteiger partial charge on any atom is 0.409 e. The van der Waals surface area contributed by atoms with E-state index in [4.69, 9.17) is 9.84 Å². The summed E-state index contributed by atoms with van der Waals surface area (Å²) in [6, 6.07) is 8.66. The van der Waals surface area contributed by atoms with Crippen molar-refractivity contribution in [2.75, 3.05) is 22.7 Å². The maximum absolute atomic E-state index is 13.3. The molecule has 0 bridgehead atoms. The first kappa shape index (κ1) is 20.9. The van der Waals surface area contributed by atoms with Gasteiger partial charge in [0, 0.05) is 11.6 Å². The number of rotatable bonds is 6. The molecule has 3 N–H and O–H groups in total. The molecule has 11 heteroatoms.